The minimum atomic E-state index is -0.567. The summed E-state index contributed by atoms with van der Waals surface area (Å²) in [5.41, 5.74) is -0.567. The Balaban J connectivity index is 1.90. The van der Waals surface area contributed by atoms with Crippen molar-refractivity contribution < 1.29 is 19.2 Å². The van der Waals surface area contributed by atoms with E-state index >= 15 is 0 Å². The SMILES string of the molecule is CC(C)(C)OC(=O)C(N(C(=O)N1CCNCC1)C1CCNCC1)[NH+]1CCCCC1. The van der Waals surface area contributed by atoms with Crippen LogP contribution < -0.4 is 15.5 Å². The number of piperazine rings is 1. The number of rotatable bonds is 4. The number of nitrogens with one attached hydrogen (secondary N) is 3. The molecule has 3 heterocycles. The summed E-state index contributed by atoms with van der Waals surface area (Å²) in [6.07, 6.45) is 4.59. The summed E-state index contributed by atoms with van der Waals surface area (Å²) in [6.45, 7) is 12.3. The van der Waals surface area contributed by atoms with Crippen LogP contribution in [0.1, 0.15) is 52.9 Å². The number of piperidine rings is 2. The van der Waals surface area contributed by atoms with E-state index in [1.165, 1.54) is 11.3 Å². The molecule has 3 aliphatic heterocycles. The Kier molecular flexibility index (Phi) is 7.76. The van der Waals surface area contributed by atoms with Crippen LogP contribution in [-0.2, 0) is 9.53 Å². The third-order valence-corrected chi connectivity index (χ3v) is 6.10. The van der Waals surface area contributed by atoms with Gasteiger partial charge in [-0.1, -0.05) is 0 Å². The van der Waals surface area contributed by atoms with Crippen LogP contribution in [-0.4, -0.2) is 92.0 Å². The van der Waals surface area contributed by atoms with Crippen molar-refractivity contribution in [1.82, 2.24) is 20.4 Å². The Bertz CT molecular complexity index is 547. The molecule has 0 bridgehead atoms. The molecule has 0 saturated carbocycles. The summed E-state index contributed by atoms with van der Waals surface area (Å²) in [6, 6.07) is 0.0814. The molecule has 0 spiro atoms. The number of likely N-dealkylation sites (tertiary alicyclic amines) is 1. The summed E-state index contributed by atoms with van der Waals surface area (Å²) in [5, 5.41) is 6.70. The highest BCUT2D eigenvalue weighted by molar-refractivity contribution is 5.83. The van der Waals surface area contributed by atoms with Crippen molar-refractivity contribution in [2.24, 2.45) is 0 Å². The van der Waals surface area contributed by atoms with Gasteiger partial charge < -0.3 is 25.2 Å². The van der Waals surface area contributed by atoms with Gasteiger partial charge in [-0.15, -0.1) is 0 Å². The molecule has 3 N–H and O–H groups in total. The zero-order valence-corrected chi connectivity index (χ0v) is 18.5. The quantitative estimate of drug-likeness (QED) is 0.560. The van der Waals surface area contributed by atoms with Gasteiger partial charge in [-0.05, 0) is 66.0 Å². The van der Waals surface area contributed by atoms with Gasteiger partial charge in [0, 0.05) is 32.2 Å². The van der Waals surface area contributed by atoms with Gasteiger partial charge in [0.15, 0.2) is 0 Å². The first-order chi connectivity index (χ1) is 13.9. The molecular weight excluding hydrogens is 370 g/mol. The van der Waals surface area contributed by atoms with Crippen LogP contribution in [0, 0.1) is 0 Å². The Hall–Kier alpha value is -1.38. The highest BCUT2D eigenvalue weighted by Crippen LogP contribution is 2.19. The third kappa shape index (κ3) is 6.06. The molecule has 2 amide bonds. The molecule has 0 aromatic heterocycles. The molecule has 166 valence electrons. The first-order valence-corrected chi connectivity index (χ1v) is 11.4. The van der Waals surface area contributed by atoms with E-state index in [0.29, 0.717) is 13.1 Å². The highest BCUT2D eigenvalue weighted by Gasteiger charge is 2.46. The number of nitrogens with zero attached hydrogens (tertiary/aromatic N) is 2. The standard InChI is InChI=1S/C21H39N5O3/c1-21(2,3)29-19(27)18(24-13-5-4-6-14-24)26(17-7-9-22-10-8-17)20(28)25-15-11-23-12-16-25/h17-18,22-23H,4-16H2,1-3H3/p+1. The van der Waals surface area contributed by atoms with E-state index in [-0.39, 0.29) is 18.0 Å². The van der Waals surface area contributed by atoms with Crippen molar-refractivity contribution in [3.05, 3.63) is 0 Å². The van der Waals surface area contributed by atoms with Crippen LogP contribution in [0.5, 0.6) is 0 Å². The van der Waals surface area contributed by atoms with Crippen LogP contribution in [0.4, 0.5) is 4.79 Å². The van der Waals surface area contributed by atoms with Gasteiger partial charge in [-0.3, -0.25) is 4.90 Å². The number of esters is 1. The second kappa shape index (κ2) is 10.1. The van der Waals surface area contributed by atoms with Crippen LogP contribution in [0.25, 0.3) is 0 Å². The van der Waals surface area contributed by atoms with E-state index in [2.05, 4.69) is 10.6 Å². The maximum atomic E-state index is 13.7. The van der Waals surface area contributed by atoms with E-state index in [1.54, 1.807) is 0 Å². The number of hydrogen-bond acceptors (Lipinski definition) is 5. The average Bonchev–Trinajstić information content (AvgIpc) is 2.72. The fourth-order valence-corrected chi connectivity index (χ4v) is 4.70. The maximum absolute atomic E-state index is 13.7. The fourth-order valence-electron chi connectivity index (χ4n) is 4.70. The van der Waals surface area contributed by atoms with E-state index < -0.39 is 11.8 Å². The number of quaternary nitrogens is 1. The van der Waals surface area contributed by atoms with Gasteiger partial charge >= 0.3 is 12.0 Å². The van der Waals surface area contributed by atoms with Gasteiger partial charge in [0.05, 0.1) is 13.1 Å². The molecule has 3 aliphatic rings. The third-order valence-electron chi connectivity index (χ3n) is 6.10. The lowest BCUT2D eigenvalue weighted by atomic mass is 10.0. The maximum Gasteiger partial charge on any atom is 0.388 e. The molecule has 29 heavy (non-hydrogen) atoms. The molecule has 3 fully saturated rings. The van der Waals surface area contributed by atoms with Crippen LogP contribution in [0.2, 0.25) is 0 Å². The lowest BCUT2D eigenvalue weighted by molar-refractivity contribution is -0.931. The Morgan fingerprint density at radius 1 is 1.00 bits per heavy atom. The second-order valence-electron chi connectivity index (χ2n) is 9.56. The minimum absolute atomic E-state index is 0.00679. The Labute approximate surface area is 175 Å². The molecule has 8 nitrogen and oxygen atoms in total. The topological polar surface area (TPSA) is 78.3 Å². The van der Waals surface area contributed by atoms with Crippen molar-refractivity contribution in [2.45, 2.75) is 70.7 Å². The molecule has 0 aliphatic carbocycles. The molecule has 8 heteroatoms. The number of hydrogen-bond donors (Lipinski definition) is 3. The second-order valence-corrected chi connectivity index (χ2v) is 9.56. The normalized spacial score (nSPS) is 23.5. The summed E-state index contributed by atoms with van der Waals surface area (Å²) in [7, 11) is 0. The van der Waals surface area contributed by atoms with Gasteiger partial charge in [0.25, 0.3) is 6.17 Å². The van der Waals surface area contributed by atoms with Crippen LogP contribution in [0.3, 0.4) is 0 Å². The largest absolute Gasteiger partial charge is 0.454 e. The van der Waals surface area contributed by atoms with Gasteiger partial charge in [-0.25, -0.2) is 9.59 Å². The Morgan fingerprint density at radius 3 is 2.17 bits per heavy atom. The average molecular weight is 411 g/mol. The zero-order chi connectivity index (χ0) is 20.9. The van der Waals surface area contributed by atoms with Crippen molar-refractivity contribution in [3.8, 4) is 0 Å². The number of carbonyl (C=O) groups excluding carboxylic acids is 2. The summed E-state index contributed by atoms with van der Waals surface area (Å²) in [4.78, 5) is 32.2. The van der Waals surface area contributed by atoms with Gasteiger partial charge in [0.1, 0.15) is 5.60 Å². The monoisotopic (exact) mass is 410 g/mol. The smallest absolute Gasteiger partial charge is 0.388 e. The van der Waals surface area contributed by atoms with Crippen molar-refractivity contribution in [1.29, 1.82) is 0 Å². The molecule has 3 saturated heterocycles. The number of ether oxygens (including phenoxy) is 1. The van der Waals surface area contributed by atoms with E-state index in [1.807, 2.05) is 30.6 Å². The predicted octanol–water partition coefficient (Wildman–Crippen LogP) is -0.198. The number of urea groups is 1. The van der Waals surface area contributed by atoms with E-state index in [9.17, 15) is 9.59 Å². The molecule has 3 rings (SSSR count). The van der Waals surface area contributed by atoms with Crippen molar-refractivity contribution in [3.63, 3.8) is 0 Å². The van der Waals surface area contributed by atoms with E-state index in [0.717, 1.165) is 65.0 Å². The van der Waals surface area contributed by atoms with Crippen molar-refractivity contribution >= 4 is 12.0 Å². The Morgan fingerprint density at radius 2 is 1.59 bits per heavy atom. The molecule has 1 atom stereocenters. The van der Waals surface area contributed by atoms with E-state index in [4.69, 9.17) is 4.74 Å². The lowest BCUT2D eigenvalue weighted by Gasteiger charge is -2.44. The van der Waals surface area contributed by atoms with Gasteiger partial charge in [0.2, 0.25) is 0 Å². The molecule has 0 aromatic carbocycles. The zero-order valence-electron chi connectivity index (χ0n) is 18.5. The molecular formula is C21H40N5O3+. The summed E-state index contributed by atoms with van der Waals surface area (Å²) in [5.74, 6) is -0.253. The molecule has 0 aromatic rings. The molecule has 0 radical (unpaired) electrons. The van der Waals surface area contributed by atoms with Crippen LogP contribution in [0.15, 0.2) is 0 Å². The number of carbonyl (C=O) groups is 2. The highest BCUT2D eigenvalue weighted by atomic mass is 16.6. The fraction of sp³-hybridized carbons (Fsp3) is 0.905. The summed E-state index contributed by atoms with van der Waals surface area (Å²) >= 11 is 0. The van der Waals surface area contributed by atoms with Gasteiger partial charge in [-0.2, -0.15) is 0 Å². The lowest BCUT2D eigenvalue weighted by Crippen LogP contribution is -3.19. The summed E-state index contributed by atoms with van der Waals surface area (Å²) < 4.78 is 5.86. The first kappa shape index (κ1) is 22.3. The number of amides is 2. The first-order valence-electron chi connectivity index (χ1n) is 11.4. The predicted molar refractivity (Wildman–Crippen MR) is 112 cm³/mol. The molecule has 1 unspecified atom stereocenters. The van der Waals surface area contributed by atoms with Crippen LogP contribution >= 0.6 is 0 Å². The minimum Gasteiger partial charge on any atom is -0.454 e. The van der Waals surface area contributed by atoms with Crippen molar-refractivity contribution in [2.75, 3.05) is 52.4 Å².